The van der Waals surface area contributed by atoms with Crippen LogP contribution in [0.1, 0.15) is 169 Å². The zero-order valence-corrected chi connectivity index (χ0v) is 45.7. The maximum Gasteiger partial charge on any atom is 0.508 e. The highest BCUT2D eigenvalue weighted by molar-refractivity contribution is 5.73. The summed E-state index contributed by atoms with van der Waals surface area (Å²) >= 11 is 0. The summed E-state index contributed by atoms with van der Waals surface area (Å²) in [7, 11) is 0. The number of nitrogens with zero attached hydrogens (tertiary/aromatic N) is 2. The Morgan fingerprint density at radius 1 is 0.527 bits per heavy atom. The number of carbonyl (C=O) groups excluding carboxylic acids is 3. The second-order valence-corrected chi connectivity index (χ2v) is 25.3. The molecule has 400 valence electrons. The minimum atomic E-state index is -0.790. The lowest BCUT2D eigenvalue weighted by atomic mass is 9.46. The Labute approximate surface area is 441 Å². The third-order valence-electron chi connectivity index (χ3n) is 20.8. The van der Waals surface area contributed by atoms with Crippen molar-refractivity contribution in [2.45, 2.75) is 183 Å². The Morgan fingerprint density at radius 3 is 1.34 bits per heavy atom. The van der Waals surface area contributed by atoms with Gasteiger partial charge in [-0.3, -0.25) is 9.97 Å². The van der Waals surface area contributed by atoms with Gasteiger partial charge in [-0.15, -0.1) is 0 Å². The first-order valence-corrected chi connectivity index (χ1v) is 28.7. The SMILES string of the molecule is CC(C)OC(=O)OC(CCOC(=O)OCCC(OC(=O)OC(C)C)[C@H]1CC[C@@]2(C)C(=CC[C@@H]3[C@@H]2CC[C@]2(C)C(c4cccnc4)=CC[C@@H]32)C1)[C@H]1CC[C@@]2(C)C(=CC[C@@H]3[C@@H]2CC[C@]2(C)C(c4cccnc4)=CC[C@@H]32)C1. The maximum absolute atomic E-state index is 13.3. The van der Waals surface area contributed by atoms with E-state index in [0.717, 1.165) is 64.2 Å². The molecule has 0 saturated heterocycles. The molecule has 8 aliphatic carbocycles. The van der Waals surface area contributed by atoms with E-state index in [-0.39, 0.29) is 58.9 Å². The molecule has 0 amide bonds. The lowest BCUT2D eigenvalue weighted by Gasteiger charge is -2.58. The first kappa shape index (κ1) is 52.5. The summed E-state index contributed by atoms with van der Waals surface area (Å²) in [6, 6.07) is 8.54. The summed E-state index contributed by atoms with van der Waals surface area (Å²) in [4.78, 5) is 48.4. The Kier molecular flexibility index (Phi) is 15.1. The molecule has 8 aliphatic rings. The maximum atomic E-state index is 13.3. The average Bonchev–Trinajstić information content (AvgIpc) is 3.92. The summed E-state index contributed by atoms with van der Waals surface area (Å²) in [6.07, 6.45) is 29.4. The first-order valence-electron chi connectivity index (χ1n) is 28.7. The molecular formula is C63H84N2O9. The van der Waals surface area contributed by atoms with Crippen LogP contribution in [0, 0.1) is 69.0 Å². The largest absolute Gasteiger partial charge is 0.508 e. The van der Waals surface area contributed by atoms with Crippen LogP contribution in [0.3, 0.4) is 0 Å². The van der Waals surface area contributed by atoms with Crippen LogP contribution in [-0.2, 0) is 28.4 Å². The van der Waals surface area contributed by atoms with E-state index in [4.69, 9.17) is 28.4 Å². The Hall–Kier alpha value is -4.93. The third-order valence-corrected chi connectivity index (χ3v) is 20.8. The average molecular weight is 1010 g/mol. The molecule has 4 saturated carbocycles. The van der Waals surface area contributed by atoms with Gasteiger partial charge in [0.2, 0.25) is 0 Å². The van der Waals surface area contributed by atoms with Crippen LogP contribution in [-0.4, -0.2) is 66.1 Å². The van der Waals surface area contributed by atoms with Crippen molar-refractivity contribution in [3.8, 4) is 0 Å². The van der Waals surface area contributed by atoms with Gasteiger partial charge in [0.1, 0.15) is 12.2 Å². The zero-order valence-electron chi connectivity index (χ0n) is 45.7. The molecule has 2 heterocycles. The molecule has 4 fully saturated rings. The molecule has 11 heteroatoms. The second-order valence-electron chi connectivity index (χ2n) is 25.3. The topological polar surface area (TPSA) is 132 Å². The highest BCUT2D eigenvalue weighted by atomic mass is 16.7. The van der Waals surface area contributed by atoms with Crippen molar-refractivity contribution in [1.29, 1.82) is 0 Å². The number of fused-ring (bicyclic) bond motifs is 10. The van der Waals surface area contributed by atoms with Crippen molar-refractivity contribution >= 4 is 29.6 Å². The van der Waals surface area contributed by atoms with Crippen LogP contribution in [0.4, 0.5) is 14.4 Å². The summed E-state index contributed by atoms with van der Waals surface area (Å²) in [6.45, 7) is 17.3. The van der Waals surface area contributed by atoms with E-state index < -0.39 is 30.7 Å². The third kappa shape index (κ3) is 10.0. The van der Waals surface area contributed by atoms with E-state index in [9.17, 15) is 14.4 Å². The standard InChI is InChI=1S/C63H84N2O9/c1-39(2)71-58(67)73-55(41-21-27-60(5)45(35-41)13-15-47-51-19-17-49(43-11-9-31-64-37-43)62(51,7)29-23-53(47)60)25-33-69-57(66)70-34-26-56(74-59(68)72-40(3)4)42-22-28-61(6)46(36-42)14-16-48-52-20-18-50(44-12-10-32-65-38-44)63(52,8)30-24-54(48)61/h9-14,17-18,31-32,37-42,47-48,51-56H,15-16,19-30,33-36H2,1-8H3/t41-,42-,47-,48-,51-,52-,53-,54-,55?,56?,60-,61-,62+,63+/m0/s1. The van der Waals surface area contributed by atoms with Crippen LogP contribution in [0.2, 0.25) is 0 Å². The number of ether oxygens (including phenoxy) is 6. The van der Waals surface area contributed by atoms with Gasteiger partial charge in [-0.05, 0) is 221 Å². The summed E-state index contributed by atoms with van der Waals surface area (Å²) in [5.74, 6) is 3.83. The van der Waals surface area contributed by atoms with Gasteiger partial charge < -0.3 is 28.4 Å². The van der Waals surface area contributed by atoms with E-state index in [1.54, 1.807) is 0 Å². The predicted molar refractivity (Wildman–Crippen MR) is 285 cm³/mol. The Morgan fingerprint density at radius 2 is 0.946 bits per heavy atom. The molecule has 11 nitrogen and oxygen atoms in total. The van der Waals surface area contributed by atoms with Crippen molar-refractivity contribution < 1.29 is 42.8 Å². The van der Waals surface area contributed by atoms with Crippen LogP contribution in [0.15, 0.2) is 84.5 Å². The van der Waals surface area contributed by atoms with Crippen molar-refractivity contribution in [3.63, 3.8) is 0 Å². The molecule has 2 unspecified atom stereocenters. The molecule has 0 bridgehead atoms. The summed E-state index contributed by atoms with van der Waals surface area (Å²) in [5, 5.41) is 0. The molecule has 0 radical (unpaired) electrons. The van der Waals surface area contributed by atoms with Crippen molar-refractivity contribution in [3.05, 3.63) is 95.6 Å². The molecule has 0 aromatic carbocycles. The molecule has 10 rings (SSSR count). The van der Waals surface area contributed by atoms with Crippen LogP contribution < -0.4 is 0 Å². The van der Waals surface area contributed by atoms with E-state index >= 15 is 0 Å². The fraction of sp³-hybridized carbons (Fsp3) is 0.667. The van der Waals surface area contributed by atoms with Crippen LogP contribution in [0.25, 0.3) is 11.1 Å². The van der Waals surface area contributed by atoms with Crippen molar-refractivity contribution in [1.82, 2.24) is 9.97 Å². The van der Waals surface area contributed by atoms with Crippen LogP contribution >= 0.6 is 0 Å². The number of allylic oxidation sites excluding steroid dienone is 8. The fourth-order valence-corrected chi connectivity index (χ4v) is 17.1. The minimum absolute atomic E-state index is 0.0293. The van der Waals surface area contributed by atoms with E-state index in [0.29, 0.717) is 48.3 Å². The number of aromatic nitrogens is 2. The second kappa shape index (κ2) is 21.2. The number of rotatable bonds is 14. The number of hydrogen-bond acceptors (Lipinski definition) is 11. The van der Waals surface area contributed by atoms with Gasteiger partial charge in [0.15, 0.2) is 0 Å². The van der Waals surface area contributed by atoms with Gasteiger partial charge in [0.05, 0.1) is 25.4 Å². The zero-order chi connectivity index (χ0) is 52.0. The van der Waals surface area contributed by atoms with E-state index in [2.05, 4.69) is 86.2 Å². The van der Waals surface area contributed by atoms with Crippen LogP contribution in [0.5, 0.6) is 0 Å². The monoisotopic (exact) mass is 1010 g/mol. The Balaban J connectivity index is 0.745. The highest BCUT2D eigenvalue weighted by Gasteiger charge is 2.59. The molecule has 2 aromatic rings. The van der Waals surface area contributed by atoms with Gasteiger partial charge in [0, 0.05) is 37.6 Å². The smallest absolute Gasteiger partial charge is 0.434 e. The molecular weight excluding hydrogens is 929 g/mol. The van der Waals surface area contributed by atoms with Gasteiger partial charge in [-0.25, -0.2) is 14.4 Å². The van der Waals surface area contributed by atoms with Crippen molar-refractivity contribution in [2.24, 2.45) is 69.0 Å². The van der Waals surface area contributed by atoms with E-state index in [1.165, 1.54) is 59.1 Å². The molecule has 0 spiro atoms. The highest BCUT2D eigenvalue weighted by Crippen LogP contribution is 2.68. The lowest BCUT2D eigenvalue weighted by Crippen LogP contribution is -2.50. The molecule has 0 aliphatic heterocycles. The number of carbonyl (C=O) groups is 3. The quantitative estimate of drug-likeness (QED) is 0.102. The van der Waals surface area contributed by atoms with E-state index in [1.807, 2.05) is 52.5 Å². The minimum Gasteiger partial charge on any atom is -0.434 e. The first-order chi connectivity index (χ1) is 35.5. The Bertz CT molecular complexity index is 2330. The van der Waals surface area contributed by atoms with Gasteiger partial charge >= 0.3 is 18.5 Å². The van der Waals surface area contributed by atoms with Gasteiger partial charge in [-0.1, -0.05) is 75.3 Å². The summed E-state index contributed by atoms with van der Waals surface area (Å²) < 4.78 is 34.6. The normalized spacial score (nSPS) is 35.6. The number of hydrogen-bond donors (Lipinski definition) is 0. The van der Waals surface area contributed by atoms with Gasteiger partial charge in [0.25, 0.3) is 0 Å². The lowest BCUT2D eigenvalue weighted by molar-refractivity contribution is -0.0489. The predicted octanol–water partition coefficient (Wildman–Crippen LogP) is 15.1. The van der Waals surface area contributed by atoms with Gasteiger partial charge in [-0.2, -0.15) is 0 Å². The fourth-order valence-electron chi connectivity index (χ4n) is 17.1. The van der Waals surface area contributed by atoms with Crippen molar-refractivity contribution in [2.75, 3.05) is 13.2 Å². The molecule has 74 heavy (non-hydrogen) atoms. The summed E-state index contributed by atoms with van der Waals surface area (Å²) in [5.41, 5.74) is 8.97. The molecule has 2 aromatic heterocycles. The molecule has 14 atom stereocenters. The molecule has 0 N–H and O–H groups in total. The number of pyridine rings is 2.